The molecule has 0 aromatic heterocycles. The lowest BCUT2D eigenvalue weighted by Gasteiger charge is -2.30. The molecule has 0 saturated carbocycles. The molecular formula is C17H28BrNO. The second-order valence-electron chi connectivity index (χ2n) is 7.43. The second-order valence-corrected chi connectivity index (χ2v) is 8.22. The summed E-state index contributed by atoms with van der Waals surface area (Å²) in [5, 5.41) is 3.54. The number of nitrogens with one attached hydrogen (secondary N) is 1. The Morgan fingerprint density at radius 3 is 2.00 bits per heavy atom. The Balaban J connectivity index is 2.62. The SMILES string of the molecule is Cc1cc(OCC(C)(C)CNC(C)(C)C)cc(C)c1Br. The number of ether oxygens (including phenoxy) is 1. The van der Waals surface area contributed by atoms with Crippen LogP contribution in [0.2, 0.25) is 0 Å². The number of benzene rings is 1. The van der Waals surface area contributed by atoms with E-state index in [0.717, 1.165) is 12.3 Å². The molecule has 1 rings (SSSR count). The van der Waals surface area contributed by atoms with E-state index in [1.807, 2.05) is 0 Å². The van der Waals surface area contributed by atoms with Crippen LogP contribution in [0, 0.1) is 19.3 Å². The summed E-state index contributed by atoms with van der Waals surface area (Å²) < 4.78 is 7.16. The van der Waals surface area contributed by atoms with Crippen LogP contribution in [0.25, 0.3) is 0 Å². The van der Waals surface area contributed by atoms with E-state index in [1.54, 1.807) is 0 Å². The van der Waals surface area contributed by atoms with Crippen molar-refractivity contribution in [1.82, 2.24) is 5.32 Å². The number of halogens is 1. The smallest absolute Gasteiger partial charge is 0.119 e. The summed E-state index contributed by atoms with van der Waals surface area (Å²) in [4.78, 5) is 0. The average molecular weight is 342 g/mol. The van der Waals surface area contributed by atoms with E-state index in [0.29, 0.717) is 6.61 Å². The van der Waals surface area contributed by atoms with E-state index in [1.165, 1.54) is 15.6 Å². The summed E-state index contributed by atoms with van der Waals surface area (Å²) in [6.07, 6.45) is 0. The van der Waals surface area contributed by atoms with Crippen molar-refractivity contribution in [3.8, 4) is 5.75 Å². The third-order valence-electron chi connectivity index (χ3n) is 3.14. The number of rotatable bonds is 5. The van der Waals surface area contributed by atoms with Gasteiger partial charge in [-0.05, 0) is 57.9 Å². The van der Waals surface area contributed by atoms with E-state index in [-0.39, 0.29) is 11.0 Å². The van der Waals surface area contributed by atoms with Crippen molar-refractivity contribution in [2.75, 3.05) is 13.2 Å². The number of aryl methyl sites for hydroxylation is 2. The number of hydrogen-bond acceptors (Lipinski definition) is 2. The van der Waals surface area contributed by atoms with E-state index >= 15 is 0 Å². The fourth-order valence-corrected chi connectivity index (χ4v) is 2.05. The lowest BCUT2D eigenvalue weighted by molar-refractivity contribution is 0.165. The first-order chi connectivity index (χ1) is 9.00. The van der Waals surface area contributed by atoms with Crippen LogP contribution in [-0.2, 0) is 0 Å². The molecule has 0 aliphatic rings. The van der Waals surface area contributed by atoms with Crippen LogP contribution in [0.1, 0.15) is 45.7 Å². The van der Waals surface area contributed by atoms with Crippen molar-refractivity contribution in [3.63, 3.8) is 0 Å². The third kappa shape index (κ3) is 5.84. The van der Waals surface area contributed by atoms with Gasteiger partial charge in [-0.1, -0.05) is 29.8 Å². The monoisotopic (exact) mass is 341 g/mol. The van der Waals surface area contributed by atoms with Crippen molar-refractivity contribution < 1.29 is 4.74 Å². The van der Waals surface area contributed by atoms with Crippen LogP contribution < -0.4 is 10.1 Å². The molecule has 0 aliphatic heterocycles. The minimum absolute atomic E-state index is 0.0994. The summed E-state index contributed by atoms with van der Waals surface area (Å²) in [6.45, 7) is 16.8. The van der Waals surface area contributed by atoms with Crippen LogP contribution in [0.5, 0.6) is 5.75 Å². The molecule has 0 atom stereocenters. The predicted molar refractivity (Wildman–Crippen MR) is 90.6 cm³/mol. The van der Waals surface area contributed by atoms with Gasteiger partial charge in [0, 0.05) is 22.0 Å². The van der Waals surface area contributed by atoms with Crippen molar-refractivity contribution >= 4 is 15.9 Å². The van der Waals surface area contributed by atoms with Gasteiger partial charge in [0.05, 0.1) is 6.61 Å². The lowest BCUT2D eigenvalue weighted by atomic mass is 9.93. The lowest BCUT2D eigenvalue weighted by Crippen LogP contribution is -2.43. The zero-order valence-corrected chi connectivity index (χ0v) is 15.4. The first-order valence-corrected chi connectivity index (χ1v) is 7.94. The Labute approximate surface area is 132 Å². The third-order valence-corrected chi connectivity index (χ3v) is 4.39. The summed E-state index contributed by atoms with van der Waals surface area (Å²) in [6, 6.07) is 4.18. The minimum atomic E-state index is 0.0994. The molecule has 1 aromatic rings. The predicted octanol–water partition coefficient (Wildman–Crippen LogP) is 4.86. The van der Waals surface area contributed by atoms with Gasteiger partial charge in [0.25, 0.3) is 0 Å². The van der Waals surface area contributed by atoms with Gasteiger partial charge < -0.3 is 10.1 Å². The molecule has 0 spiro atoms. The standard InChI is InChI=1S/C17H28BrNO/c1-12-8-14(9-13(2)15(12)18)20-11-17(6,7)10-19-16(3,4)5/h8-9,19H,10-11H2,1-7H3. The van der Waals surface area contributed by atoms with Crippen molar-refractivity contribution in [2.45, 2.75) is 54.0 Å². The summed E-state index contributed by atoms with van der Waals surface area (Å²) in [7, 11) is 0. The molecule has 1 N–H and O–H groups in total. The second kappa shape index (κ2) is 6.48. The zero-order valence-electron chi connectivity index (χ0n) is 13.9. The van der Waals surface area contributed by atoms with Gasteiger partial charge in [0.2, 0.25) is 0 Å². The van der Waals surface area contributed by atoms with Crippen molar-refractivity contribution in [1.29, 1.82) is 0 Å². The summed E-state index contributed by atoms with van der Waals surface area (Å²) in [5.74, 6) is 0.951. The fraction of sp³-hybridized carbons (Fsp3) is 0.647. The van der Waals surface area contributed by atoms with Gasteiger partial charge in [-0.3, -0.25) is 0 Å². The maximum absolute atomic E-state index is 5.99. The molecule has 0 unspecified atom stereocenters. The maximum atomic E-state index is 5.99. The van der Waals surface area contributed by atoms with Gasteiger partial charge in [-0.25, -0.2) is 0 Å². The van der Waals surface area contributed by atoms with Gasteiger partial charge in [-0.15, -0.1) is 0 Å². The van der Waals surface area contributed by atoms with E-state index in [2.05, 4.69) is 81.8 Å². The van der Waals surface area contributed by atoms with Crippen molar-refractivity contribution in [3.05, 3.63) is 27.7 Å². The Morgan fingerprint density at radius 1 is 1.05 bits per heavy atom. The highest BCUT2D eigenvalue weighted by molar-refractivity contribution is 9.10. The Bertz CT molecular complexity index is 438. The maximum Gasteiger partial charge on any atom is 0.119 e. The molecule has 3 heteroatoms. The van der Waals surface area contributed by atoms with Gasteiger partial charge in [0.1, 0.15) is 5.75 Å². The molecule has 0 fully saturated rings. The Hall–Kier alpha value is -0.540. The quantitative estimate of drug-likeness (QED) is 0.825. The Kier molecular flexibility index (Phi) is 5.68. The van der Waals surface area contributed by atoms with Crippen LogP contribution >= 0.6 is 15.9 Å². The summed E-state index contributed by atoms with van der Waals surface area (Å²) in [5.41, 5.74) is 2.67. The fourth-order valence-electron chi connectivity index (χ4n) is 1.82. The first-order valence-electron chi connectivity index (χ1n) is 7.15. The molecule has 0 heterocycles. The number of hydrogen-bond donors (Lipinski definition) is 1. The summed E-state index contributed by atoms with van der Waals surface area (Å²) >= 11 is 3.58. The molecule has 1 aromatic carbocycles. The highest BCUT2D eigenvalue weighted by atomic mass is 79.9. The largest absolute Gasteiger partial charge is 0.493 e. The molecule has 0 bridgehead atoms. The van der Waals surface area contributed by atoms with Gasteiger partial charge in [0.15, 0.2) is 0 Å². The van der Waals surface area contributed by atoms with E-state index in [9.17, 15) is 0 Å². The zero-order chi connectivity index (χ0) is 15.6. The van der Waals surface area contributed by atoms with Crippen LogP contribution in [-0.4, -0.2) is 18.7 Å². The minimum Gasteiger partial charge on any atom is -0.493 e. The molecule has 0 radical (unpaired) electrons. The molecule has 20 heavy (non-hydrogen) atoms. The van der Waals surface area contributed by atoms with Crippen LogP contribution in [0.15, 0.2) is 16.6 Å². The highest BCUT2D eigenvalue weighted by Gasteiger charge is 2.22. The molecule has 0 saturated heterocycles. The molecule has 0 aliphatic carbocycles. The van der Waals surface area contributed by atoms with Crippen LogP contribution in [0.4, 0.5) is 0 Å². The van der Waals surface area contributed by atoms with Gasteiger partial charge in [-0.2, -0.15) is 0 Å². The van der Waals surface area contributed by atoms with E-state index in [4.69, 9.17) is 4.74 Å². The molecule has 0 amide bonds. The average Bonchev–Trinajstić information content (AvgIpc) is 2.30. The molecule has 114 valence electrons. The first kappa shape index (κ1) is 17.5. The van der Waals surface area contributed by atoms with E-state index < -0.39 is 0 Å². The Morgan fingerprint density at radius 2 is 1.55 bits per heavy atom. The molecule has 2 nitrogen and oxygen atoms in total. The van der Waals surface area contributed by atoms with Gasteiger partial charge >= 0.3 is 0 Å². The van der Waals surface area contributed by atoms with Crippen molar-refractivity contribution in [2.24, 2.45) is 5.41 Å². The highest BCUT2D eigenvalue weighted by Crippen LogP contribution is 2.27. The van der Waals surface area contributed by atoms with Crippen LogP contribution in [0.3, 0.4) is 0 Å². The molecular weight excluding hydrogens is 314 g/mol. The normalized spacial score (nSPS) is 12.6. The topological polar surface area (TPSA) is 21.3 Å².